The van der Waals surface area contributed by atoms with E-state index in [1.165, 1.54) is 0 Å². The second-order valence-electron chi connectivity index (χ2n) is 5.90. The van der Waals surface area contributed by atoms with Crippen molar-refractivity contribution < 1.29 is 14.4 Å². The topological polar surface area (TPSA) is 47.9 Å². The van der Waals surface area contributed by atoms with Gasteiger partial charge in [-0.05, 0) is 42.3 Å². The lowest BCUT2D eigenvalue weighted by atomic mass is 10.0. The van der Waals surface area contributed by atoms with E-state index in [1.807, 2.05) is 66.7 Å². The fraction of sp³-hybridized carbons (Fsp3) is 0.182. The second-order valence-corrected chi connectivity index (χ2v) is 5.90. The molecule has 132 valence electrons. The minimum absolute atomic E-state index is 0.442. The molecule has 0 bridgehead atoms. The Balaban J connectivity index is 1.73. The molecule has 4 heteroatoms. The van der Waals surface area contributed by atoms with Crippen molar-refractivity contribution in [2.45, 2.75) is 19.8 Å². The van der Waals surface area contributed by atoms with Crippen LogP contribution in [0, 0.1) is 0 Å². The Kier molecular flexibility index (Phi) is 5.99. The van der Waals surface area contributed by atoms with Crippen molar-refractivity contribution in [3.63, 3.8) is 0 Å². The van der Waals surface area contributed by atoms with E-state index in [1.54, 1.807) is 6.08 Å². The molecule has 2 aromatic carbocycles. The van der Waals surface area contributed by atoms with Gasteiger partial charge in [-0.3, -0.25) is 0 Å². The van der Waals surface area contributed by atoms with Crippen LogP contribution in [0.15, 0.2) is 77.5 Å². The van der Waals surface area contributed by atoms with E-state index in [0.29, 0.717) is 17.9 Å². The SMILES string of the molecule is CCCCOc1ccc(C2=NOC(=O)C2=CC=Cc2ccccc2)cc1. The van der Waals surface area contributed by atoms with Gasteiger partial charge in [0.2, 0.25) is 0 Å². The minimum Gasteiger partial charge on any atom is -0.494 e. The standard InChI is InChI=1S/C22H21NO3/c1-2-3-16-25-19-14-12-18(13-15-19)21-20(22(24)26-23-21)11-7-10-17-8-5-4-6-9-17/h4-15H,2-3,16H2,1H3. The molecule has 1 aliphatic heterocycles. The molecular formula is C22H21NO3. The molecule has 0 radical (unpaired) electrons. The van der Waals surface area contributed by atoms with Crippen LogP contribution in [0.4, 0.5) is 0 Å². The van der Waals surface area contributed by atoms with Crippen LogP contribution in [0.5, 0.6) is 5.75 Å². The van der Waals surface area contributed by atoms with E-state index in [0.717, 1.165) is 29.7 Å². The second kappa shape index (κ2) is 8.81. The van der Waals surface area contributed by atoms with Gasteiger partial charge in [0.25, 0.3) is 0 Å². The molecule has 0 aromatic heterocycles. The molecule has 0 unspecified atom stereocenters. The van der Waals surface area contributed by atoms with E-state index in [4.69, 9.17) is 9.57 Å². The molecular weight excluding hydrogens is 326 g/mol. The van der Waals surface area contributed by atoms with E-state index in [-0.39, 0.29) is 0 Å². The smallest absolute Gasteiger partial charge is 0.368 e. The fourth-order valence-electron chi connectivity index (χ4n) is 2.50. The predicted octanol–water partition coefficient (Wildman–Crippen LogP) is 4.77. The van der Waals surface area contributed by atoms with Gasteiger partial charge in [-0.15, -0.1) is 0 Å². The van der Waals surface area contributed by atoms with E-state index in [2.05, 4.69) is 12.1 Å². The number of rotatable bonds is 7. The Bertz CT molecular complexity index is 833. The summed E-state index contributed by atoms with van der Waals surface area (Å²) in [6, 6.07) is 17.4. The van der Waals surface area contributed by atoms with Crippen LogP contribution in [0.1, 0.15) is 30.9 Å². The van der Waals surface area contributed by atoms with Gasteiger partial charge in [0, 0.05) is 5.56 Å². The highest BCUT2D eigenvalue weighted by Crippen LogP contribution is 2.21. The van der Waals surface area contributed by atoms with Crippen molar-refractivity contribution >= 4 is 17.8 Å². The van der Waals surface area contributed by atoms with Gasteiger partial charge in [-0.2, -0.15) is 0 Å². The van der Waals surface area contributed by atoms with Crippen LogP contribution in [0.25, 0.3) is 6.08 Å². The molecule has 2 aromatic rings. The summed E-state index contributed by atoms with van der Waals surface area (Å²) in [5.74, 6) is 0.364. The third-order valence-electron chi connectivity index (χ3n) is 3.94. The van der Waals surface area contributed by atoms with E-state index < -0.39 is 5.97 Å². The van der Waals surface area contributed by atoms with Gasteiger partial charge in [0.15, 0.2) is 0 Å². The number of oxime groups is 1. The van der Waals surface area contributed by atoms with Crippen LogP contribution in [0.3, 0.4) is 0 Å². The number of allylic oxidation sites excluding steroid dienone is 2. The van der Waals surface area contributed by atoms with Gasteiger partial charge in [0.1, 0.15) is 11.5 Å². The van der Waals surface area contributed by atoms with Gasteiger partial charge < -0.3 is 9.57 Å². The van der Waals surface area contributed by atoms with Crippen LogP contribution < -0.4 is 4.74 Å². The zero-order valence-electron chi connectivity index (χ0n) is 14.7. The number of benzene rings is 2. The Morgan fingerprint density at radius 1 is 1.08 bits per heavy atom. The van der Waals surface area contributed by atoms with Crippen LogP contribution in [-0.2, 0) is 9.63 Å². The quantitative estimate of drug-likeness (QED) is 0.412. The third-order valence-corrected chi connectivity index (χ3v) is 3.94. The highest BCUT2D eigenvalue weighted by molar-refractivity contribution is 6.29. The molecule has 0 N–H and O–H groups in total. The summed E-state index contributed by atoms with van der Waals surface area (Å²) in [5, 5.41) is 3.92. The molecule has 1 heterocycles. The van der Waals surface area contributed by atoms with Crippen molar-refractivity contribution in [2.75, 3.05) is 6.61 Å². The fourth-order valence-corrected chi connectivity index (χ4v) is 2.50. The zero-order chi connectivity index (χ0) is 18.2. The minimum atomic E-state index is -0.444. The first-order chi connectivity index (χ1) is 12.8. The van der Waals surface area contributed by atoms with Gasteiger partial charge in [-0.1, -0.05) is 61.0 Å². The van der Waals surface area contributed by atoms with Crippen LogP contribution >= 0.6 is 0 Å². The maximum absolute atomic E-state index is 12.0. The molecule has 4 nitrogen and oxygen atoms in total. The Morgan fingerprint density at radius 3 is 2.58 bits per heavy atom. The van der Waals surface area contributed by atoms with Crippen LogP contribution in [-0.4, -0.2) is 18.3 Å². The van der Waals surface area contributed by atoms with Gasteiger partial charge in [-0.25, -0.2) is 4.79 Å². The Labute approximate surface area is 153 Å². The lowest BCUT2D eigenvalue weighted by Crippen LogP contribution is -2.06. The highest BCUT2D eigenvalue weighted by atomic mass is 16.7. The average Bonchev–Trinajstić information content (AvgIpc) is 3.04. The average molecular weight is 347 g/mol. The monoisotopic (exact) mass is 347 g/mol. The molecule has 1 aliphatic rings. The van der Waals surface area contributed by atoms with Crippen molar-refractivity contribution in [1.29, 1.82) is 0 Å². The molecule has 0 atom stereocenters. The normalized spacial score (nSPS) is 15.3. The molecule has 0 amide bonds. The largest absolute Gasteiger partial charge is 0.494 e. The van der Waals surface area contributed by atoms with Gasteiger partial charge in [0.05, 0.1) is 12.2 Å². The maximum atomic E-state index is 12.0. The zero-order valence-corrected chi connectivity index (χ0v) is 14.7. The summed E-state index contributed by atoms with van der Waals surface area (Å²) >= 11 is 0. The first-order valence-electron chi connectivity index (χ1n) is 8.74. The molecule has 0 spiro atoms. The third kappa shape index (κ3) is 4.48. The lowest BCUT2D eigenvalue weighted by molar-refractivity contribution is -0.136. The number of hydrogen-bond donors (Lipinski definition) is 0. The lowest BCUT2D eigenvalue weighted by Gasteiger charge is -2.06. The van der Waals surface area contributed by atoms with E-state index >= 15 is 0 Å². The molecule has 26 heavy (non-hydrogen) atoms. The number of hydrogen-bond acceptors (Lipinski definition) is 4. The summed E-state index contributed by atoms with van der Waals surface area (Å²) in [6.07, 6.45) is 7.61. The Hall–Kier alpha value is -3.14. The number of carbonyl (C=O) groups excluding carboxylic acids is 1. The highest BCUT2D eigenvalue weighted by Gasteiger charge is 2.26. The maximum Gasteiger partial charge on any atom is 0.368 e. The van der Waals surface area contributed by atoms with E-state index in [9.17, 15) is 4.79 Å². The molecule has 0 aliphatic carbocycles. The first-order valence-corrected chi connectivity index (χ1v) is 8.74. The molecule has 0 fully saturated rings. The molecule has 0 saturated carbocycles. The number of carbonyl (C=O) groups is 1. The molecule has 0 saturated heterocycles. The summed E-state index contributed by atoms with van der Waals surface area (Å²) in [7, 11) is 0. The van der Waals surface area contributed by atoms with Crippen LogP contribution in [0.2, 0.25) is 0 Å². The predicted molar refractivity (Wildman–Crippen MR) is 103 cm³/mol. The number of ether oxygens (including phenoxy) is 1. The summed E-state index contributed by atoms with van der Waals surface area (Å²) in [6.45, 7) is 2.83. The first kappa shape index (κ1) is 17.7. The summed E-state index contributed by atoms with van der Waals surface area (Å²) in [4.78, 5) is 16.8. The van der Waals surface area contributed by atoms with Crippen molar-refractivity contribution in [1.82, 2.24) is 0 Å². The van der Waals surface area contributed by atoms with Crippen molar-refractivity contribution in [3.8, 4) is 5.75 Å². The summed E-state index contributed by atoms with van der Waals surface area (Å²) < 4.78 is 5.66. The molecule has 3 rings (SSSR count). The van der Waals surface area contributed by atoms with Gasteiger partial charge >= 0.3 is 5.97 Å². The summed E-state index contributed by atoms with van der Waals surface area (Å²) in [5.41, 5.74) is 2.85. The Morgan fingerprint density at radius 2 is 1.85 bits per heavy atom. The number of unbranched alkanes of at least 4 members (excludes halogenated alkanes) is 1. The van der Waals surface area contributed by atoms with Crippen molar-refractivity contribution in [3.05, 3.63) is 83.4 Å². The van der Waals surface area contributed by atoms with Crippen molar-refractivity contribution in [2.24, 2.45) is 5.16 Å². The number of nitrogens with zero attached hydrogens (tertiary/aromatic N) is 1.